The topological polar surface area (TPSA) is 71.3 Å². The Balaban J connectivity index is 2.13. The second-order valence-electron chi connectivity index (χ2n) is 5.48. The van der Waals surface area contributed by atoms with Gasteiger partial charge in [0.05, 0.1) is 4.90 Å². The van der Waals surface area contributed by atoms with Crippen LogP contribution in [0.4, 0.5) is 5.69 Å². The molecule has 0 saturated carbocycles. The number of benzene rings is 1. The number of anilines is 1. The van der Waals surface area contributed by atoms with Crippen LogP contribution in [0.5, 0.6) is 0 Å². The summed E-state index contributed by atoms with van der Waals surface area (Å²) in [6.45, 7) is 4.97. The van der Waals surface area contributed by atoms with E-state index in [-0.39, 0.29) is 4.90 Å². The Labute approximate surface area is 131 Å². The Bertz CT molecular complexity index is 733. The molecule has 5 nitrogen and oxygen atoms in total. The van der Waals surface area contributed by atoms with E-state index in [0.717, 1.165) is 24.1 Å². The van der Waals surface area contributed by atoms with Crippen molar-refractivity contribution in [2.45, 2.75) is 37.9 Å². The maximum atomic E-state index is 11.4. The number of rotatable bonds is 6. The minimum atomic E-state index is -3.20. The van der Waals surface area contributed by atoms with Crippen LogP contribution < -0.4 is 5.32 Å². The molecule has 0 radical (unpaired) electrons. The molecule has 22 heavy (non-hydrogen) atoms. The second kappa shape index (κ2) is 6.54. The summed E-state index contributed by atoms with van der Waals surface area (Å²) < 4.78 is 24.9. The van der Waals surface area contributed by atoms with E-state index in [4.69, 9.17) is 0 Å². The van der Waals surface area contributed by atoms with E-state index in [1.165, 1.54) is 18.4 Å². The van der Waals surface area contributed by atoms with Gasteiger partial charge in [0, 0.05) is 36.4 Å². The molecule has 1 unspecified atom stereocenters. The number of sulfone groups is 1. The lowest BCUT2D eigenvalue weighted by molar-refractivity contribution is 0.207. The summed E-state index contributed by atoms with van der Waals surface area (Å²) in [6, 6.07) is 6.36. The van der Waals surface area contributed by atoms with Crippen molar-refractivity contribution in [3.63, 3.8) is 0 Å². The lowest BCUT2D eigenvalue weighted by Gasteiger charge is -2.14. The Hall–Kier alpha value is -1.79. The fourth-order valence-electron chi connectivity index (χ4n) is 2.35. The molecule has 0 bridgehead atoms. The molecule has 6 heteroatoms. The van der Waals surface area contributed by atoms with E-state index < -0.39 is 16.1 Å². The number of aliphatic hydroxyl groups excluding tert-OH is 1. The lowest BCUT2D eigenvalue weighted by Crippen LogP contribution is -2.10. The highest BCUT2D eigenvalue weighted by molar-refractivity contribution is 7.90. The summed E-state index contributed by atoms with van der Waals surface area (Å²) in [7, 11) is -3.20. The normalized spacial score (nSPS) is 13.1. The van der Waals surface area contributed by atoms with E-state index in [9.17, 15) is 13.5 Å². The highest BCUT2D eigenvalue weighted by Crippen LogP contribution is 2.22. The summed E-state index contributed by atoms with van der Waals surface area (Å²) in [6.07, 6.45) is 5.31. The van der Waals surface area contributed by atoms with Gasteiger partial charge in [0.2, 0.25) is 0 Å². The van der Waals surface area contributed by atoms with Gasteiger partial charge in [-0.2, -0.15) is 0 Å². The molecule has 120 valence electrons. The van der Waals surface area contributed by atoms with Crippen molar-refractivity contribution in [1.82, 2.24) is 4.57 Å². The Morgan fingerprint density at radius 1 is 1.23 bits per heavy atom. The van der Waals surface area contributed by atoms with Gasteiger partial charge in [0.15, 0.2) is 16.1 Å². The van der Waals surface area contributed by atoms with Crippen molar-refractivity contribution in [2.24, 2.45) is 0 Å². The number of hydrogen-bond donors (Lipinski definition) is 2. The molecule has 1 aromatic carbocycles. The molecule has 0 aliphatic carbocycles. The van der Waals surface area contributed by atoms with Crippen molar-refractivity contribution in [2.75, 3.05) is 11.6 Å². The van der Waals surface area contributed by atoms with E-state index in [2.05, 4.69) is 16.8 Å². The first-order valence-electron chi connectivity index (χ1n) is 7.22. The summed E-state index contributed by atoms with van der Waals surface area (Å²) in [4.78, 5) is 0.262. The molecule has 0 amide bonds. The molecule has 1 heterocycles. The zero-order chi connectivity index (χ0) is 16.3. The number of nitrogens with zero attached hydrogens (tertiary/aromatic N) is 1. The van der Waals surface area contributed by atoms with E-state index in [0.29, 0.717) is 5.69 Å². The molecular weight excluding hydrogens is 300 g/mol. The maximum Gasteiger partial charge on any atom is 0.175 e. The zero-order valence-corrected chi connectivity index (χ0v) is 13.9. The van der Waals surface area contributed by atoms with Gasteiger partial charge in [-0.25, -0.2) is 8.42 Å². The number of aromatic nitrogens is 1. The number of nitrogens with one attached hydrogen (secondary N) is 1. The van der Waals surface area contributed by atoms with Crippen molar-refractivity contribution in [3.8, 4) is 0 Å². The minimum Gasteiger partial charge on any atom is -0.369 e. The first kappa shape index (κ1) is 16.6. The van der Waals surface area contributed by atoms with Crippen molar-refractivity contribution in [3.05, 3.63) is 47.8 Å². The molecule has 0 fully saturated rings. The summed E-state index contributed by atoms with van der Waals surface area (Å²) in [5.41, 5.74) is 2.50. The standard InChI is InChI=1S/C16H22N2O3S/c1-4-9-18-10-12(2)15(11-18)16(19)17-13-5-7-14(8-6-13)22(3,20)21/h5-8,10-11,16-17,19H,4,9H2,1-3H3. The molecule has 2 rings (SSSR count). The molecule has 0 saturated heterocycles. The maximum absolute atomic E-state index is 11.4. The summed E-state index contributed by atoms with van der Waals surface area (Å²) in [5, 5.41) is 13.3. The summed E-state index contributed by atoms with van der Waals surface area (Å²) in [5.74, 6) is 0. The third-order valence-corrected chi connectivity index (χ3v) is 4.61. The fourth-order valence-corrected chi connectivity index (χ4v) is 2.98. The minimum absolute atomic E-state index is 0.262. The SMILES string of the molecule is CCCn1cc(C)c(C(O)Nc2ccc(S(C)(=O)=O)cc2)c1. The van der Waals surface area contributed by atoms with Crippen LogP contribution in [-0.4, -0.2) is 24.3 Å². The third-order valence-electron chi connectivity index (χ3n) is 3.48. The van der Waals surface area contributed by atoms with Gasteiger partial charge in [-0.3, -0.25) is 0 Å². The van der Waals surface area contributed by atoms with Gasteiger partial charge in [0.25, 0.3) is 0 Å². The Morgan fingerprint density at radius 3 is 2.41 bits per heavy atom. The van der Waals surface area contributed by atoms with Crippen LogP contribution in [0.25, 0.3) is 0 Å². The molecule has 0 aliphatic rings. The molecule has 0 spiro atoms. The van der Waals surface area contributed by atoms with Crippen LogP contribution in [0.1, 0.15) is 30.7 Å². The average Bonchev–Trinajstić information content (AvgIpc) is 2.80. The van der Waals surface area contributed by atoms with Crippen LogP contribution >= 0.6 is 0 Å². The van der Waals surface area contributed by atoms with Crippen LogP contribution in [-0.2, 0) is 16.4 Å². The molecular formula is C16H22N2O3S. The van der Waals surface area contributed by atoms with Crippen molar-refractivity contribution >= 4 is 15.5 Å². The molecule has 2 aromatic rings. The highest BCUT2D eigenvalue weighted by Gasteiger charge is 2.13. The van der Waals surface area contributed by atoms with Gasteiger partial charge in [-0.15, -0.1) is 0 Å². The smallest absolute Gasteiger partial charge is 0.175 e. The van der Waals surface area contributed by atoms with Gasteiger partial charge < -0.3 is 15.0 Å². The van der Waals surface area contributed by atoms with E-state index in [1.54, 1.807) is 12.1 Å². The van der Waals surface area contributed by atoms with Gasteiger partial charge in [-0.05, 0) is 43.2 Å². The fraction of sp³-hybridized carbons (Fsp3) is 0.375. The second-order valence-corrected chi connectivity index (χ2v) is 7.49. The summed E-state index contributed by atoms with van der Waals surface area (Å²) >= 11 is 0. The number of hydrogen-bond acceptors (Lipinski definition) is 4. The van der Waals surface area contributed by atoms with Crippen LogP contribution in [0, 0.1) is 6.92 Å². The first-order valence-corrected chi connectivity index (χ1v) is 9.11. The van der Waals surface area contributed by atoms with E-state index >= 15 is 0 Å². The molecule has 2 N–H and O–H groups in total. The Kier molecular flexibility index (Phi) is 4.93. The van der Waals surface area contributed by atoms with E-state index in [1.807, 2.05) is 19.3 Å². The van der Waals surface area contributed by atoms with Crippen molar-refractivity contribution in [1.29, 1.82) is 0 Å². The van der Waals surface area contributed by atoms with Gasteiger partial charge in [0.1, 0.15) is 0 Å². The van der Waals surface area contributed by atoms with Gasteiger partial charge in [-0.1, -0.05) is 6.92 Å². The predicted octanol–water partition coefficient (Wildman–Crippen LogP) is 2.71. The monoisotopic (exact) mass is 322 g/mol. The Morgan fingerprint density at radius 2 is 1.86 bits per heavy atom. The number of aryl methyl sites for hydroxylation is 2. The quantitative estimate of drug-likeness (QED) is 0.802. The number of aliphatic hydroxyl groups is 1. The zero-order valence-electron chi connectivity index (χ0n) is 13.1. The largest absolute Gasteiger partial charge is 0.369 e. The van der Waals surface area contributed by atoms with Crippen LogP contribution in [0.2, 0.25) is 0 Å². The van der Waals surface area contributed by atoms with Crippen LogP contribution in [0.3, 0.4) is 0 Å². The molecule has 1 atom stereocenters. The van der Waals surface area contributed by atoms with Crippen molar-refractivity contribution < 1.29 is 13.5 Å². The predicted molar refractivity (Wildman–Crippen MR) is 87.6 cm³/mol. The average molecular weight is 322 g/mol. The highest BCUT2D eigenvalue weighted by atomic mass is 32.2. The van der Waals surface area contributed by atoms with Crippen LogP contribution in [0.15, 0.2) is 41.6 Å². The third kappa shape index (κ3) is 3.90. The molecule has 1 aromatic heterocycles. The molecule has 0 aliphatic heterocycles. The lowest BCUT2D eigenvalue weighted by atomic mass is 10.2. The first-order chi connectivity index (χ1) is 10.3. The van der Waals surface area contributed by atoms with Gasteiger partial charge >= 0.3 is 0 Å².